The van der Waals surface area contributed by atoms with Crippen LogP contribution in [0.4, 0.5) is 0 Å². The second kappa shape index (κ2) is 11.4. The molecule has 0 aliphatic heterocycles. The van der Waals surface area contributed by atoms with Crippen LogP contribution < -0.4 is 11.2 Å². The van der Waals surface area contributed by atoms with Crippen molar-refractivity contribution in [2.45, 2.75) is 31.2 Å². The zero-order valence-electron chi connectivity index (χ0n) is 16.3. The topological polar surface area (TPSA) is 90.9 Å². The minimum Gasteiger partial charge on any atom is -0.394 e. The fourth-order valence-electron chi connectivity index (χ4n) is 2.77. The van der Waals surface area contributed by atoms with E-state index in [1.54, 1.807) is 6.21 Å². The van der Waals surface area contributed by atoms with E-state index < -0.39 is 5.54 Å². The Morgan fingerprint density at radius 2 is 1.64 bits per heavy atom. The summed E-state index contributed by atoms with van der Waals surface area (Å²) in [5, 5.41) is 22.8. The van der Waals surface area contributed by atoms with Crippen LogP contribution >= 0.6 is 0 Å². The highest BCUT2D eigenvalue weighted by Gasteiger charge is 2.22. The number of nitrogens with zero attached hydrogens (tertiary/aromatic N) is 1. The monoisotopic (exact) mass is 381 g/mol. The first kappa shape index (κ1) is 21.8. The third-order valence-electron chi connectivity index (χ3n) is 4.77. The molecule has 0 aliphatic rings. The van der Waals surface area contributed by atoms with Crippen LogP contribution in [0.5, 0.6) is 0 Å². The van der Waals surface area contributed by atoms with Crippen molar-refractivity contribution in [3.63, 3.8) is 0 Å². The quantitative estimate of drug-likeness (QED) is 0.258. The highest BCUT2D eigenvalue weighted by Crippen LogP contribution is 2.15. The van der Waals surface area contributed by atoms with E-state index in [0.717, 1.165) is 36.1 Å². The fourth-order valence-corrected chi connectivity index (χ4v) is 2.77. The van der Waals surface area contributed by atoms with Gasteiger partial charge in [-0.15, -0.1) is 0 Å². The van der Waals surface area contributed by atoms with E-state index in [9.17, 15) is 10.2 Å². The molecule has 0 heterocycles. The Morgan fingerprint density at radius 1 is 1.00 bits per heavy atom. The molecule has 28 heavy (non-hydrogen) atoms. The van der Waals surface area contributed by atoms with Crippen LogP contribution in [0.1, 0.15) is 29.5 Å². The van der Waals surface area contributed by atoms with Gasteiger partial charge in [0.25, 0.3) is 0 Å². The average Bonchev–Trinajstić information content (AvgIpc) is 2.75. The molecule has 2 aromatic carbocycles. The Kier molecular flexibility index (Phi) is 8.88. The number of aliphatic hydroxyl groups excluding tert-OH is 2. The Labute approximate surface area is 167 Å². The van der Waals surface area contributed by atoms with Crippen molar-refractivity contribution in [1.29, 1.82) is 0 Å². The average molecular weight is 382 g/mol. The van der Waals surface area contributed by atoms with E-state index in [4.69, 9.17) is 5.73 Å². The number of hydrogen-bond donors (Lipinski definition) is 4. The van der Waals surface area contributed by atoms with Crippen molar-refractivity contribution in [2.75, 3.05) is 19.8 Å². The molecule has 5 heteroatoms. The minimum absolute atomic E-state index is 0.229. The summed E-state index contributed by atoms with van der Waals surface area (Å²) in [4.78, 5) is 0. The molecule has 0 aliphatic carbocycles. The highest BCUT2D eigenvalue weighted by molar-refractivity contribution is 6.08. The van der Waals surface area contributed by atoms with Gasteiger partial charge < -0.3 is 21.4 Å². The first-order chi connectivity index (χ1) is 13.6. The lowest BCUT2D eigenvalue weighted by molar-refractivity contribution is 0.115. The lowest BCUT2D eigenvalue weighted by atomic mass is 9.93. The molecule has 2 aromatic rings. The summed E-state index contributed by atoms with van der Waals surface area (Å²) in [5.41, 5.74) is 12.3. The minimum atomic E-state index is -0.929. The van der Waals surface area contributed by atoms with E-state index in [0.29, 0.717) is 12.8 Å². The van der Waals surface area contributed by atoms with Crippen LogP contribution in [0.2, 0.25) is 0 Å². The Morgan fingerprint density at radius 3 is 2.29 bits per heavy atom. The van der Waals surface area contributed by atoms with Crippen LogP contribution in [0, 0.1) is 0 Å². The second-order valence-corrected chi connectivity index (χ2v) is 7.16. The van der Waals surface area contributed by atoms with Gasteiger partial charge in [-0.2, -0.15) is 5.10 Å². The molecule has 0 bridgehead atoms. The van der Waals surface area contributed by atoms with Crippen molar-refractivity contribution < 1.29 is 10.2 Å². The van der Waals surface area contributed by atoms with Gasteiger partial charge in [-0.3, -0.25) is 0 Å². The van der Waals surface area contributed by atoms with Crippen molar-refractivity contribution in [1.82, 2.24) is 5.43 Å². The normalized spacial score (nSPS) is 11.7. The maximum Gasteiger partial charge on any atom is 0.0633 e. The van der Waals surface area contributed by atoms with E-state index in [1.165, 1.54) is 5.56 Å². The summed E-state index contributed by atoms with van der Waals surface area (Å²) < 4.78 is 0. The van der Waals surface area contributed by atoms with Crippen LogP contribution in [-0.2, 0) is 12.8 Å². The smallest absolute Gasteiger partial charge is 0.0633 e. The summed E-state index contributed by atoms with van der Waals surface area (Å²) in [6.45, 7) is 4.41. The zero-order valence-corrected chi connectivity index (χ0v) is 16.3. The molecule has 0 fully saturated rings. The molecule has 0 aromatic heterocycles. The molecule has 0 saturated heterocycles. The van der Waals surface area contributed by atoms with Crippen molar-refractivity contribution in [3.05, 3.63) is 77.9 Å². The third kappa shape index (κ3) is 7.27. The van der Waals surface area contributed by atoms with Gasteiger partial charge in [0, 0.05) is 6.54 Å². The number of rotatable bonds is 12. The van der Waals surface area contributed by atoms with Crippen molar-refractivity contribution in [2.24, 2.45) is 10.8 Å². The fraction of sp³-hybridized carbons (Fsp3) is 0.348. The molecule has 2 rings (SSSR count). The first-order valence-corrected chi connectivity index (χ1v) is 9.65. The maximum atomic E-state index is 9.26. The summed E-state index contributed by atoms with van der Waals surface area (Å²) >= 11 is 0. The standard InChI is InChI=1S/C23H31N3O2/c1-19(16-26-25-15-5-8-20-6-3-2-4-7-20)22-11-9-21(10-12-22)13-14-23(24,17-27)18-28/h2-4,6-7,9-12,16,25,27-28H,1,5,8,13-15,17-18,24H2/b26-16-. The molecular weight excluding hydrogens is 350 g/mol. The molecule has 0 saturated carbocycles. The summed E-state index contributed by atoms with van der Waals surface area (Å²) in [6, 6.07) is 18.4. The number of nitrogens with two attached hydrogens (primary N) is 1. The largest absolute Gasteiger partial charge is 0.394 e. The lowest BCUT2D eigenvalue weighted by Gasteiger charge is -2.24. The summed E-state index contributed by atoms with van der Waals surface area (Å²) in [5.74, 6) is 0. The van der Waals surface area contributed by atoms with Crippen molar-refractivity contribution >= 4 is 11.8 Å². The second-order valence-electron chi connectivity index (χ2n) is 7.16. The van der Waals surface area contributed by atoms with E-state index in [2.05, 4.69) is 41.4 Å². The molecule has 0 atom stereocenters. The molecule has 0 radical (unpaired) electrons. The Balaban J connectivity index is 1.72. The van der Waals surface area contributed by atoms with Crippen LogP contribution in [0.15, 0.2) is 66.3 Å². The number of allylic oxidation sites excluding steroid dienone is 1. The number of nitrogens with one attached hydrogen (secondary N) is 1. The van der Waals surface area contributed by atoms with E-state index in [-0.39, 0.29) is 13.2 Å². The lowest BCUT2D eigenvalue weighted by Crippen LogP contribution is -2.47. The molecular formula is C23H31N3O2. The van der Waals surface area contributed by atoms with Gasteiger partial charge in [0.05, 0.1) is 25.0 Å². The van der Waals surface area contributed by atoms with Gasteiger partial charge in [-0.25, -0.2) is 0 Å². The van der Waals surface area contributed by atoms with Gasteiger partial charge in [-0.1, -0.05) is 61.2 Å². The Hall–Kier alpha value is -2.47. The first-order valence-electron chi connectivity index (χ1n) is 9.65. The molecule has 5 N–H and O–H groups in total. The molecule has 150 valence electrons. The number of aliphatic hydroxyl groups is 2. The number of hydrogen-bond acceptors (Lipinski definition) is 5. The van der Waals surface area contributed by atoms with E-state index >= 15 is 0 Å². The van der Waals surface area contributed by atoms with Crippen molar-refractivity contribution in [3.8, 4) is 0 Å². The van der Waals surface area contributed by atoms with Gasteiger partial charge >= 0.3 is 0 Å². The predicted octanol–water partition coefficient (Wildman–Crippen LogP) is 2.52. The maximum absolute atomic E-state index is 9.26. The zero-order chi connectivity index (χ0) is 20.2. The summed E-state index contributed by atoms with van der Waals surface area (Å²) in [6.07, 6.45) is 5.01. The van der Waals surface area contributed by atoms with E-state index in [1.807, 2.05) is 30.3 Å². The SMILES string of the molecule is C=C(/C=N\NCCCc1ccccc1)c1ccc(CCC(N)(CO)CO)cc1. The van der Waals surface area contributed by atoms with Gasteiger partial charge in [0.1, 0.15) is 0 Å². The molecule has 0 amide bonds. The van der Waals surface area contributed by atoms with Gasteiger partial charge in [0.2, 0.25) is 0 Å². The third-order valence-corrected chi connectivity index (χ3v) is 4.77. The van der Waals surface area contributed by atoms with Crippen LogP contribution in [0.3, 0.4) is 0 Å². The predicted molar refractivity (Wildman–Crippen MR) is 116 cm³/mol. The Bertz CT molecular complexity index is 738. The number of benzene rings is 2. The van der Waals surface area contributed by atoms with Crippen LogP contribution in [0.25, 0.3) is 5.57 Å². The van der Waals surface area contributed by atoms with Gasteiger partial charge in [-0.05, 0) is 47.9 Å². The number of hydrazone groups is 1. The summed E-state index contributed by atoms with van der Waals surface area (Å²) in [7, 11) is 0. The number of aryl methyl sites for hydroxylation is 2. The van der Waals surface area contributed by atoms with Gasteiger partial charge in [0.15, 0.2) is 0 Å². The van der Waals surface area contributed by atoms with Crippen LogP contribution in [-0.4, -0.2) is 41.7 Å². The highest BCUT2D eigenvalue weighted by atomic mass is 16.3. The molecule has 0 unspecified atom stereocenters. The molecule has 0 spiro atoms. The molecule has 5 nitrogen and oxygen atoms in total.